The zero-order chi connectivity index (χ0) is 14.1. The molecule has 0 saturated carbocycles. The van der Waals surface area contributed by atoms with Crippen molar-refractivity contribution < 1.29 is 31.1 Å². The zero-order valence-electron chi connectivity index (χ0n) is 8.93. The third-order valence-electron chi connectivity index (χ3n) is 1.95. The Morgan fingerprint density at radius 2 is 1.78 bits per heavy atom. The average molecular weight is 274 g/mol. The van der Waals surface area contributed by atoms with Gasteiger partial charge in [-0.15, -0.1) is 0 Å². The van der Waals surface area contributed by atoms with E-state index in [0.717, 1.165) is 0 Å². The van der Waals surface area contributed by atoms with Crippen LogP contribution in [0.15, 0.2) is 12.3 Å². The van der Waals surface area contributed by atoms with Gasteiger partial charge in [-0.05, 0) is 6.92 Å². The maximum atomic E-state index is 12.3. The maximum Gasteiger partial charge on any atom is 0.433 e. The predicted molar refractivity (Wildman–Crippen MR) is 49.8 cm³/mol. The highest BCUT2D eigenvalue weighted by atomic mass is 19.4. The van der Waals surface area contributed by atoms with Gasteiger partial charge >= 0.3 is 12.4 Å². The minimum atomic E-state index is -4.78. The van der Waals surface area contributed by atoms with Crippen LogP contribution >= 0.6 is 0 Å². The lowest BCUT2D eigenvalue weighted by atomic mass is 10.3. The summed E-state index contributed by atoms with van der Waals surface area (Å²) in [6.07, 6.45) is -11.2. The molecule has 1 aromatic heterocycles. The summed E-state index contributed by atoms with van der Waals surface area (Å²) in [4.78, 5) is 2.97. The van der Waals surface area contributed by atoms with E-state index in [2.05, 4.69) is 9.72 Å². The van der Waals surface area contributed by atoms with E-state index in [1.165, 1.54) is 0 Å². The van der Waals surface area contributed by atoms with Crippen molar-refractivity contribution in [3.8, 4) is 5.75 Å². The molecule has 0 radical (unpaired) electrons. The molecule has 0 amide bonds. The Balaban J connectivity index is 3.03. The number of alkyl halides is 6. The molecule has 102 valence electrons. The van der Waals surface area contributed by atoms with Crippen LogP contribution in [0.2, 0.25) is 0 Å². The Kier molecular flexibility index (Phi) is 3.63. The van der Waals surface area contributed by atoms with Crippen LogP contribution in [0.25, 0.3) is 0 Å². The summed E-state index contributed by atoms with van der Waals surface area (Å²) in [6.45, 7) is 0.660. The lowest BCUT2D eigenvalue weighted by Gasteiger charge is -2.19. The Morgan fingerprint density at radius 3 is 2.22 bits per heavy atom. The standard InChI is InChI=1S/C9H8F6N2O/c1-4(8(10,11)12)18-6-2-7(9(13,14)15)17-3-5(6)16/h2-4H,16H2,1H3. The van der Waals surface area contributed by atoms with E-state index in [-0.39, 0.29) is 0 Å². The van der Waals surface area contributed by atoms with Crippen LogP contribution in [0.5, 0.6) is 5.75 Å². The first kappa shape index (κ1) is 14.4. The predicted octanol–water partition coefficient (Wildman–Crippen LogP) is 3.01. The minimum absolute atomic E-state index is 0.331. The normalized spacial score (nSPS) is 14.4. The van der Waals surface area contributed by atoms with Gasteiger partial charge in [-0.25, -0.2) is 4.98 Å². The summed E-state index contributed by atoms with van der Waals surface area (Å²) in [7, 11) is 0. The van der Waals surface area contributed by atoms with Crippen molar-refractivity contribution in [3.05, 3.63) is 18.0 Å². The first-order valence-corrected chi connectivity index (χ1v) is 4.58. The Morgan fingerprint density at radius 1 is 1.22 bits per heavy atom. The molecule has 0 aliphatic rings. The summed E-state index contributed by atoms with van der Waals surface area (Å²) in [5.74, 6) is -0.706. The second-order valence-corrected chi connectivity index (χ2v) is 3.41. The Bertz CT molecular complexity index is 428. The van der Waals surface area contributed by atoms with Crippen molar-refractivity contribution in [2.75, 3.05) is 5.73 Å². The van der Waals surface area contributed by atoms with Gasteiger partial charge < -0.3 is 10.5 Å². The lowest BCUT2D eigenvalue weighted by molar-refractivity contribution is -0.189. The highest BCUT2D eigenvalue weighted by molar-refractivity contribution is 5.51. The first-order chi connectivity index (χ1) is 8.01. The number of aromatic nitrogens is 1. The molecule has 0 saturated heterocycles. The highest BCUT2D eigenvalue weighted by Gasteiger charge is 2.39. The summed E-state index contributed by atoms with van der Waals surface area (Å²) in [6, 6.07) is 0.331. The number of hydrogen-bond donors (Lipinski definition) is 1. The maximum absolute atomic E-state index is 12.3. The van der Waals surface area contributed by atoms with Crippen LogP contribution < -0.4 is 10.5 Å². The largest absolute Gasteiger partial charge is 0.479 e. The third-order valence-corrected chi connectivity index (χ3v) is 1.95. The molecule has 18 heavy (non-hydrogen) atoms. The fourth-order valence-corrected chi connectivity index (χ4v) is 0.962. The van der Waals surface area contributed by atoms with Crippen molar-refractivity contribution in [1.82, 2.24) is 4.98 Å². The molecule has 1 unspecified atom stereocenters. The van der Waals surface area contributed by atoms with Gasteiger partial charge in [0.05, 0.1) is 11.9 Å². The molecule has 1 atom stereocenters. The number of rotatable bonds is 2. The number of nitrogens with zero attached hydrogens (tertiary/aromatic N) is 1. The summed E-state index contributed by atoms with van der Waals surface area (Å²) in [5, 5.41) is 0. The van der Waals surface area contributed by atoms with Crippen LogP contribution in [0, 0.1) is 0 Å². The summed E-state index contributed by atoms with van der Waals surface area (Å²) >= 11 is 0. The van der Waals surface area contributed by atoms with Gasteiger partial charge in [0.15, 0.2) is 6.10 Å². The molecule has 1 aromatic rings. The van der Waals surface area contributed by atoms with Crippen molar-refractivity contribution in [1.29, 1.82) is 0 Å². The lowest BCUT2D eigenvalue weighted by Crippen LogP contribution is -2.31. The second kappa shape index (κ2) is 4.54. The topological polar surface area (TPSA) is 48.1 Å². The number of ether oxygens (including phenoxy) is 1. The number of nitrogens with two attached hydrogens (primary N) is 1. The van der Waals surface area contributed by atoms with Gasteiger partial charge in [-0.2, -0.15) is 26.3 Å². The zero-order valence-corrected chi connectivity index (χ0v) is 8.93. The molecule has 0 aromatic carbocycles. The smallest absolute Gasteiger partial charge is 0.433 e. The molecular formula is C9H8F6N2O. The van der Waals surface area contributed by atoms with Gasteiger partial charge in [0.25, 0.3) is 0 Å². The van der Waals surface area contributed by atoms with Gasteiger partial charge in [-0.3, -0.25) is 0 Å². The number of pyridine rings is 1. The van der Waals surface area contributed by atoms with E-state index in [1.54, 1.807) is 0 Å². The van der Waals surface area contributed by atoms with E-state index in [4.69, 9.17) is 5.73 Å². The van der Waals surface area contributed by atoms with Crippen molar-refractivity contribution in [3.63, 3.8) is 0 Å². The molecule has 1 rings (SSSR count). The molecule has 1 heterocycles. The molecule has 0 bridgehead atoms. The van der Waals surface area contributed by atoms with Crippen LogP contribution in [0.1, 0.15) is 12.6 Å². The highest BCUT2D eigenvalue weighted by Crippen LogP contribution is 2.34. The Hall–Kier alpha value is -1.67. The molecule has 3 nitrogen and oxygen atoms in total. The quantitative estimate of drug-likeness (QED) is 0.843. The number of nitrogen functional groups attached to an aromatic ring is 1. The minimum Gasteiger partial charge on any atom is -0.479 e. The van der Waals surface area contributed by atoms with E-state index in [9.17, 15) is 26.3 Å². The van der Waals surface area contributed by atoms with E-state index in [1.807, 2.05) is 0 Å². The SMILES string of the molecule is CC(Oc1cc(C(F)(F)F)ncc1N)C(F)(F)F. The number of halogens is 6. The summed E-state index contributed by atoms with van der Waals surface area (Å²) in [5.41, 5.74) is 3.42. The van der Waals surface area contributed by atoms with E-state index in [0.29, 0.717) is 19.2 Å². The number of hydrogen-bond acceptors (Lipinski definition) is 3. The first-order valence-electron chi connectivity index (χ1n) is 4.58. The number of anilines is 1. The van der Waals surface area contributed by atoms with Crippen molar-refractivity contribution in [2.24, 2.45) is 0 Å². The van der Waals surface area contributed by atoms with Crippen LogP contribution in [-0.2, 0) is 6.18 Å². The van der Waals surface area contributed by atoms with Gasteiger partial charge in [0.1, 0.15) is 11.4 Å². The van der Waals surface area contributed by atoms with Gasteiger partial charge in [0.2, 0.25) is 0 Å². The monoisotopic (exact) mass is 274 g/mol. The van der Waals surface area contributed by atoms with Crippen LogP contribution in [0.3, 0.4) is 0 Å². The van der Waals surface area contributed by atoms with Gasteiger partial charge in [-0.1, -0.05) is 0 Å². The van der Waals surface area contributed by atoms with E-state index >= 15 is 0 Å². The molecule has 0 fully saturated rings. The molecule has 2 N–H and O–H groups in total. The third kappa shape index (κ3) is 3.41. The molecule has 0 aliphatic heterocycles. The Labute approximate surface area is 97.6 Å². The molecular weight excluding hydrogens is 266 g/mol. The van der Waals surface area contributed by atoms with Gasteiger partial charge in [0, 0.05) is 6.07 Å². The molecule has 9 heteroatoms. The van der Waals surface area contributed by atoms with Crippen molar-refractivity contribution >= 4 is 5.69 Å². The fraction of sp³-hybridized carbons (Fsp3) is 0.444. The van der Waals surface area contributed by atoms with Crippen LogP contribution in [0.4, 0.5) is 32.0 Å². The fourth-order valence-electron chi connectivity index (χ4n) is 0.962. The second-order valence-electron chi connectivity index (χ2n) is 3.41. The average Bonchev–Trinajstić information content (AvgIpc) is 2.18. The van der Waals surface area contributed by atoms with Crippen LogP contribution in [-0.4, -0.2) is 17.3 Å². The van der Waals surface area contributed by atoms with Crippen molar-refractivity contribution in [2.45, 2.75) is 25.4 Å². The van der Waals surface area contributed by atoms with E-state index < -0.39 is 35.6 Å². The molecule has 0 aliphatic carbocycles. The molecule has 0 spiro atoms. The summed E-state index contributed by atoms with van der Waals surface area (Å²) < 4.78 is 77.8.